The van der Waals surface area contributed by atoms with Crippen LogP contribution in [0.3, 0.4) is 0 Å². The number of hydrogen-bond acceptors (Lipinski definition) is 3. The monoisotopic (exact) mass is 316 g/mol. The van der Waals surface area contributed by atoms with Crippen LogP contribution < -0.4 is 5.32 Å². The van der Waals surface area contributed by atoms with E-state index in [4.69, 9.17) is 4.52 Å². The molecule has 3 rings (SSSR count). The lowest BCUT2D eigenvalue weighted by atomic mass is 10.0. The average Bonchev–Trinajstić information content (AvgIpc) is 2.86. The minimum Gasteiger partial charge on any atom is -0.356 e. The van der Waals surface area contributed by atoms with Gasteiger partial charge in [0.15, 0.2) is 5.58 Å². The highest BCUT2D eigenvalue weighted by atomic mass is 19.1. The normalized spacial score (nSPS) is 11.0. The van der Waals surface area contributed by atoms with Gasteiger partial charge in [-0.05, 0) is 43.2 Å². The predicted octanol–water partition coefficient (Wildman–Crippen LogP) is 3.90. The highest BCUT2D eigenvalue weighted by Crippen LogP contribution is 2.25. The summed E-state index contributed by atoms with van der Waals surface area (Å²) in [6, 6.07) is 7.18. The van der Waals surface area contributed by atoms with Crippen molar-refractivity contribution in [3.63, 3.8) is 0 Å². The van der Waals surface area contributed by atoms with Crippen molar-refractivity contribution >= 4 is 22.6 Å². The molecule has 3 aromatic rings. The Labute approximate surface area is 131 Å². The summed E-state index contributed by atoms with van der Waals surface area (Å²) in [6.07, 6.45) is -0.134. The van der Waals surface area contributed by atoms with Gasteiger partial charge in [-0.2, -0.15) is 0 Å². The Morgan fingerprint density at radius 2 is 1.91 bits per heavy atom. The third kappa shape index (κ3) is 2.92. The highest BCUT2D eigenvalue weighted by molar-refractivity contribution is 5.95. The molecule has 0 aliphatic rings. The molecule has 2 aromatic carbocycles. The van der Waals surface area contributed by atoms with Crippen molar-refractivity contribution in [3.8, 4) is 0 Å². The summed E-state index contributed by atoms with van der Waals surface area (Å²) in [6.45, 7) is 3.83. The van der Waals surface area contributed by atoms with E-state index in [2.05, 4.69) is 10.5 Å². The van der Waals surface area contributed by atoms with Gasteiger partial charge in [0.2, 0.25) is 5.91 Å². The number of aryl methyl sites for hydroxylation is 2. The Bertz CT molecular complexity index is 883. The third-order valence-corrected chi connectivity index (χ3v) is 3.54. The van der Waals surface area contributed by atoms with Gasteiger partial charge in [0, 0.05) is 5.39 Å². The number of aromatic nitrogens is 1. The standard InChI is InChI=1S/C17H14F2N2O2/c1-9-6-10(2)16-13(21-23-14(16)7-9)8-15(22)20-17-11(18)4-3-5-12(17)19/h3-7H,8H2,1-2H3,(H,20,22). The van der Waals surface area contributed by atoms with Gasteiger partial charge < -0.3 is 9.84 Å². The predicted molar refractivity (Wildman–Crippen MR) is 82.2 cm³/mol. The summed E-state index contributed by atoms with van der Waals surface area (Å²) in [5.41, 5.74) is 2.52. The topological polar surface area (TPSA) is 55.1 Å². The Kier molecular flexibility index (Phi) is 3.82. The molecular weight excluding hydrogens is 302 g/mol. The van der Waals surface area contributed by atoms with Gasteiger partial charge in [0.1, 0.15) is 23.0 Å². The van der Waals surface area contributed by atoms with Crippen molar-refractivity contribution in [1.82, 2.24) is 5.16 Å². The number of fused-ring (bicyclic) bond motifs is 1. The molecule has 0 aliphatic heterocycles. The molecule has 0 aliphatic carbocycles. The summed E-state index contributed by atoms with van der Waals surface area (Å²) >= 11 is 0. The molecule has 0 fully saturated rings. The van der Waals surface area contributed by atoms with E-state index in [1.54, 1.807) is 0 Å². The number of rotatable bonds is 3. The van der Waals surface area contributed by atoms with Crippen LogP contribution in [0, 0.1) is 25.5 Å². The van der Waals surface area contributed by atoms with E-state index in [9.17, 15) is 13.6 Å². The number of hydrogen-bond donors (Lipinski definition) is 1. The number of halogens is 2. The molecule has 23 heavy (non-hydrogen) atoms. The number of benzene rings is 2. The number of amides is 1. The first-order valence-corrected chi connectivity index (χ1v) is 7.05. The number of anilines is 1. The molecule has 0 radical (unpaired) electrons. The van der Waals surface area contributed by atoms with Gasteiger partial charge in [-0.25, -0.2) is 8.78 Å². The van der Waals surface area contributed by atoms with Gasteiger partial charge in [-0.15, -0.1) is 0 Å². The lowest BCUT2D eigenvalue weighted by molar-refractivity contribution is -0.115. The minimum absolute atomic E-state index is 0.134. The van der Waals surface area contributed by atoms with Crippen LogP contribution in [-0.4, -0.2) is 11.1 Å². The molecule has 118 valence electrons. The van der Waals surface area contributed by atoms with Gasteiger partial charge in [0.05, 0.1) is 6.42 Å². The Morgan fingerprint density at radius 1 is 1.22 bits per heavy atom. The summed E-state index contributed by atoms with van der Waals surface area (Å²) in [5, 5.41) is 6.89. The fraction of sp³-hybridized carbons (Fsp3) is 0.176. The van der Waals surface area contributed by atoms with E-state index < -0.39 is 23.2 Å². The second-order valence-corrected chi connectivity index (χ2v) is 5.41. The van der Waals surface area contributed by atoms with Crippen molar-refractivity contribution in [2.75, 3.05) is 5.32 Å². The average molecular weight is 316 g/mol. The van der Waals surface area contributed by atoms with E-state index >= 15 is 0 Å². The Hall–Kier alpha value is -2.76. The highest BCUT2D eigenvalue weighted by Gasteiger charge is 2.17. The smallest absolute Gasteiger partial charge is 0.230 e. The lowest BCUT2D eigenvalue weighted by Crippen LogP contribution is -2.16. The van der Waals surface area contributed by atoms with Crippen LogP contribution in [0.1, 0.15) is 16.8 Å². The van der Waals surface area contributed by atoms with E-state index in [0.29, 0.717) is 11.3 Å². The van der Waals surface area contributed by atoms with Crippen LogP contribution in [0.2, 0.25) is 0 Å². The molecule has 4 nitrogen and oxygen atoms in total. The molecule has 0 saturated heterocycles. The molecule has 0 unspecified atom stereocenters. The third-order valence-electron chi connectivity index (χ3n) is 3.54. The first kappa shape index (κ1) is 15.1. The summed E-state index contributed by atoms with van der Waals surface area (Å²) in [5.74, 6) is -2.21. The fourth-order valence-corrected chi connectivity index (χ4v) is 2.59. The van der Waals surface area contributed by atoms with E-state index in [1.807, 2.05) is 26.0 Å². The number of nitrogens with zero attached hydrogens (tertiary/aromatic N) is 1. The molecule has 0 bridgehead atoms. The molecule has 6 heteroatoms. The number of carbonyl (C=O) groups excluding carboxylic acids is 1. The SMILES string of the molecule is Cc1cc(C)c2c(CC(=O)Nc3c(F)cccc3F)noc2c1. The van der Waals surface area contributed by atoms with Crippen LogP contribution in [0.25, 0.3) is 11.0 Å². The van der Waals surface area contributed by atoms with Crippen LogP contribution in [0.15, 0.2) is 34.9 Å². The van der Waals surface area contributed by atoms with Crippen LogP contribution in [-0.2, 0) is 11.2 Å². The van der Waals surface area contributed by atoms with E-state index in [1.165, 1.54) is 6.07 Å². The van der Waals surface area contributed by atoms with Gasteiger partial charge >= 0.3 is 0 Å². The number of carbonyl (C=O) groups is 1. The Balaban J connectivity index is 1.86. The molecule has 0 saturated carbocycles. The van der Waals surface area contributed by atoms with Gasteiger partial charge in [0.25, 0.3) is 0 Å². The first-order chi connectivity index (χ1) is 11.0. The molecule has 0 atom stereocenters. The summed E-state index contributed by atoms with van der Waals surface area (Å²) < 4.78 is 32.4. The maximum Gasteiger partial charge on any atom is 0.230 e. The largest absolute Gasteiger partial charge is 0.356 e. The maximum absolute atomic E-state index is 13.6. The zero-order valence-electron chi connectivity index (χ0n) is 12.6. The molecule has 1 aromatic heterocycles. The van der Waals surface area contributed by atoms with Crippen molar-refractivity contribution < 1.29 is 18.1 Å². The second-order valence-electron chi connectivity index (χ2n) is 5.41. The van der Waals surface area contributed by atoms with Crippen molar-refractivity contribution in [2.24, 2.45) is 0 Å². The fourth-order valence-electron chi connectivity index (χ4n) is 2.59. The lowest BCUT2D eigenvalue weighted by Gasteiger charge is -2.06. The minimum atomic E-state index is -0.824. The maximum atomic E-state index is 13.6. The molecule has 1 heterocycles. The molecular formula is C17H14F2N2O2. The summed E-state index contributed by atoms with van der Waals surface area (Å²) in [4.78, 5) is 12.1. The number of para-hydroxylation sites is 1. The van der Waals surface area contributed by atoms with Crippen molar-refractivity contribution in [3.05, 3.63) is 58.8 Å². The van der Waals surface area contributed by atoms with E-state index in [-0.39, 0.29) is 6.42 Å². The van der Waals surface area contributed by atoms with Crippen LogP contribution in [0.4, 0.5) is 14.5 Å². The molecule has 1 N–H and O–H groups in total. The van der Waals surface area contributed by atoms with Crippen LogP contribution in [0.5, 0.6) is 0 Å². The zero-order chi connectivity index (χ0) is 16.6. The van der Waals surface area contributed by atoms with Crippen molar-refractivity contribution in [1.29, 1.82) is 0 Å². The second kappa shape index (κ2) is 5.79. The molecule has 1 amide bonds. The summed E-state index contributed by atoms with van der Waals surface area (Å²) in [7, 11) is 0. The Morgan fingerprint density at radius 3 is 2.61 bits per heavy atom. The van der Waals surface area contributed by atoms with Gasteiger partial charge in [-0.3, -0.25) is 4.79 Å². The first-order valence-electron chi connectivity index (χ1n) is 7.05. The van der Waals surface area contributed by atoms with Crippen LogP contribution >= 0.6 is 0 Å². The number of nitrogens with one attached hydrogen (secondary N) is 1. The quantitative estimate of drug-likeness (QED) is 0.797. The van der Waals surface area contributed by atoms with Gasteiger partial charge in [-0.1, -0.05) is 17.3 Å². The van der Waals surface area contributed by atoms with E-state index in [0.717, 1.165) is 28.6 Å². The zero-order valence-corrected chi connectivity index (χ0v) is 12.6. The van der Waals surface area contributed by atoms with Crippen molar-refractivity contribution in [2.45, 2.75) is 20.3 Å². The molecule has 0 spiro atoms.